The smallest absolute Gasteiger partial charge is 0.310 e. The van der Waals surface area contributed by atoms with Crippen LogP contribution in [0.25, 0.3) is 10.8 Å². The van der Waals surface area contributed by atoms with Gasteiger partial charge in [-0.2, -0.15) is 13.2 Å². The quantitative estimate of drug-likeness (QED) is 0.599. The summed E-state index contributed by atoms with van der Waals surface area (Å²) in [5, 5.41) is 0.585. The third-order valence-electron chi connectivity index (χ3n) is 5.30. The number of aromatic amines is 1. The highest BCUT2D eigenvalue weighted by Gasteiger charge is 2.33. The Balaban J connectivity index is 1.65. The van der Waals surface area contributed by atoms with Crippen LogP contribution in [0.2, 0.25) is 0 Å². The van der Waals surface area contributed by atoms with Crippen molar-refractivity contribution >= 4 is 16.6 Å². The lowest BCUT2D eigenvalue weighted by atomic mass is 9.88. The maximum absolute atomic E-state index is 13.3. The van der Waals surface area contributed by atoms with E-state index in [0.717, 1.165) is 18.9 Å². The molecule has 0 saturated heterocycles. The molecule has 29 heavy (non-hydrogen) atoms. The molecule has 1 saturated carbocycles. The molecule has 150 valence electrons. The number of nitrogens with one attached hydrogen (secondary N) is 1. The SMILES string of the molecule is C[C@@H](CC(=O)c1cc(=O)[nH]c(C2CC2)n1)c1ccc(C(F)(F)F)c2ccccc12. The first kappa shape index (κ1) is 19.4. The molecule has 0 spiro atoms. The Morgan fingerprint density at radius 2 is 1.86 bits per heavy atom. The number of hydrogen-bond acceptors (Lipinski definition) is 3. The lowest BCUT2D eigenvalue weighted by Gasteiger charge is -2.17. The number of benzene rings is 2. The summed E-state index contributed by atoms with van der Waals surface area (Å²) in [6.07, 6.45) is -2.52. The fourth-order valence-electron chi connectivity index (χ4n) is 3.66. The average molecular weight is 400 g/mol. The van der Waals surface area contributed by atoms with Crippen molar-refractivity contribution in [2.75, 3.05) is 0 Å². The molecule has 1 heterocycles. The molecule has 0 aliphatic heterocycles. The van der Waals surface area contributed by atoms with Crippen LogP contribution >= 0.6 is 0 Å². The number of fused-ring (bicyclic) bond motifs is 1. The Hall–Kier alpha value is -2.96. The van der Waals surface area contributed by atoms with Crippen LogP contribution in [0.4, 0.5) is 13.2 Å². The Morgan fingerprint density at radius 3 is 2.52 bits per heavy atom. The number of nitrogens with zero attached hydrogens (tertiary/aromatic N) is 1. The van der Waals surface area contributed by atoms with Gasteiger partial charge in [-0.15, -0.1) is 0 Å². The van der Waals surface area contributed by atoms with Crippen molar-refractivity contribution in [3.05, 3.63) is 75.5 Å². The molecule has 1 aliphatic carbocycles. The van der Waals surface area contributed by atoms with E-state index < -0.39 is 11.7 Å². The molecule has 0 unspecified atom stereocenters. The second-order valence-corrected chi connectivity index (χ2v) is 7.56. The van der Waals surface area contributed by atoms with E-state index in [0.29, 0.717) is 16.8 Å². The van der Waals surface area contributed by atoms with Crippen LogP contribution in [0.15, 0.2) is 47.3 Å². The number of halogens is 3. The van der Waals surface area contributed by atoms with Gasteiger partial charge < -0.3 is 4.98 Å². The molecule has 1 aliphatic rings. The number of carbonyl (C=O) groups is 1. The van der Waals surface area contributed by atoms with Gasteiger partial charge in [0.15, 0.2) is 5.78 Å². The largest absolute Gasteiger partial charge is 0.417 e. The molecular formula is C22H19F3N2O2. The predicted molar refractivity (Wildman–Crippen MR) is 103 cm³/mol. The monoisotopic (exact) mass is 400 g/mol. The zero-order valence-electron chi connectivity index (χ0n) is 15.7. The first-order chi connectivity index (χ1) is 13.7. The number of H-pyrrole nitrogens is 1. The Labute approximate surface area is 164 Å². The molecule has 1 fully saturated rings. The fraction of sp³-hybridized carbons (Fsp3) is 0.318. The normalized spacial score (nSPS) is 15.4. The maximum Gasteiger partial charge on any atom is 0.417 e. The van der Waals surface area contributed by atoms with Gasteiger partial charge in [-0.05, 0) is 41.2 Å². The van der Waals surface area contributed by atoms with E-state index in [1.807, 2.05) is 0 Å². The van der Waals surface area contributed by atoms with Crippen molar-refractivity contribution in [2.45, 2.75) is 44.2 Å². The van der Waals surface area contributed by atoms with Crippen molar-refractivity contribution in [3.63, 3.8) is 0 Å². The van der Waals surface area contributed by atoms with Gasteiger partial charge in [0.1, 0.15) is 11.5 Å². The van der Waals surface area contributed by atoms with E-state index in [1.165, 1.54) is 18.2 Å². The molecule has 0 radical (unpaired) electrons. The maximum atomic E-state index is 13.3. The lowest BCUT2D eigenvalue weighted by molar-refractivity contribution is -0.136. The summed E-state index contributed by atoms with van der Waals surface area (Å²) in [4.78, 5) is 31.6. The zero-order chi connectivity index (χ0) is 20.8. The highest BCUT2D eigenvalue weighted by molar-refractivity contribution is 5.95. The number of Topliss-reactive ketones (excluding diaryl/α,β-unsaturated/α-hetero) is 1. The number of aromatic nitrogens is 2. The summed E-state index contributed by atoms with van der Waals surface area (Å²) in [5.41, 5.74) is -0.286. The summed E-state index contributed by atoms with van der Waals surface area (Å²) in [5.74, 6) is 0.106. The van der Waals surface area contributed by atoms with Gasteiger partial charge in [-0.25, -0.2) is 4.98 Å². The van der Waals surface area contributed by atoms with E-state index in [-0.39, 0.29) is 40.7 Å². The van der Waals surface area contributed by atoms with Gasteiger partial charge in [0.2, 0.25) is 0 Å². The average Bonchev–Trinajstić information content (AvgIpc) is 3.51. The molecule has 3 aromatic rings. The second kappa shape index (κ2) is 7.13. The van der Waals surface area contributed by atoms with Gasteiger partial charge in [0, 0.05) is 18.4 Å². The first-order valence-corrected chi connectivity index (χ1v) is 9.47. The fourth-order valence-corrected chi connectivity index (χ4v) is 3.66. The predicted octanol–water partition coefficient (Wildman–Crippen LogP) is 5.20. The van der Waals surface area contributed by atoms with Crippen LogP contribution in [0.5, 0.6) is 0 Å². The highest BCUT2D eigenvalue weighted by Crippen LogP contribution is 2.39. The molecule has 4 nitrogen and oxygen atoms in total. The highest BCUT2D eigenvalue weighted by atomic mass is 19.4. The summed E-state index contributed by atoms with van der Waals surface area (Å²) in [6, 6.07) is 10.0. The minimum Gasteiger partial charge on any atom is -0.310 e. The first-order valence-electron chi connectivity index (χ1n) is 9.47. The Kier molecular flexibility index (Phi) is 4.76. The van der Waals surface area contributed by atoms with Gasteiger partial charge in [0.05, 0.1) is 5.56 Å². The molecule has 4 rings (SSSR count). The van der Waals surface area contributed by atoms with Crippen LogP contribution < -0.4 is 5.56 Å². The molecule has 1 aromatic heterocycles. The number of hydrogen-bond donors (Lipinski definition) is 1. The summed E-state index contributed by atoms with van der Waals surface area (Å²) >= 11 is 0. The van der Waals surface area contributed by atoms with Crippen LogP contribution in [0, 0.1) is 0 Å². The minimum absolute atomic E-state index is 0.0515. The van der Waals surface area contributed by atoms with Gasteiger partial charge >= 0.3 is 6.18 Å². The van der Waals surface area contributed by atoms with Crippen LogP contribution in [0.3, 0.4) is 0 Å². The molecule has 7 heteroatoms. The molecule has 1 atom stereocenters. The van der Waals surface area contributed by atoms with E-state index in [2.05, 4.69) is 9.97 Å². The minimum atomic E-state index is -4.45. The van der Waals surface area contributed by atoms with Crippen molar-refractivity contribution < 1.29 is 18.0 Å². The lowest BCUT2D eigenvalue weighted by Crippen LogP contribution is -2.16. The van der Waals surface area contributed by atoms with Crippen molar-refractivity contribution in [2.24, 2.45) is 0 Å². The number of rotatable bonds is 5. The molecule has 0 bridgehead atoms. The summed E-state index contributed by atoms with van der Waals surface area (Å²) in [6.45, 7) is 1.79. The second-order valence-electron chi connectivity index (χ2n) is 7.56. The zero-order valence-corrected chi connectivity index (χ0v) is 15.7. The Morgan fingerprint density at radius 1 is 1.17 bits per heavy atom. The third kappa shape index (κ3) is 3.95. The number of alkyl halides is 3. The van der Waals surface area contributed by atoms with Gasteiger partial charge in [-0.1, -0.05) is 37.3 Å². The van der Waals surface area contributed by atoms with E-state index >= 15 is 0 Å². The standard InChI is InChI=1S/C22H19F3N2O2/c1-12(10-19(28)18-11-20(29)27-21(26-18)13-6-7-13)14-8-9-17(22(23,24)25)16-5-3-2-4-15(14)16/h2-5,8-9,11-13H,6-7,10H2,1H3,(H,26,27,29)/t12-/m0/s1. The van der Waals surface area contributed by atoms with Crippen LogP contribution in [-0.4, -0.2) is 15.8 Å². The summed E-state index contributed by atoms with van der Waals surface area (Å²) < 4.78 is 40.0. The van der Waals surface area contributed by atoms with Crippen molar-refractivity contribution in [3.8, 4) is 0 Å². The van der Waals surface area contributed by atoms with E-state index in [4.69, 9.17) is 0 Å². The third-order valence-corrected chi connectivity index (χ3v) is 5.30. The molecule has 2 aromatic carbocycles. The van der Waals surface area contributed by atoms with Gasteiger partial charge in [0.25, 0.3) is 5.56 Å². The number of carbonyl (C=O) groups excluding carboxylic acids is 1. The van der Waals surface area contributed by atoms with Crippen molar-refractivity contribution in [1.29, 1.82) is 0 Å². The van der Waals surface area contributed by atoms with Crippen LogP contribution in [0.1, 0.15) is 65.5 Å². The van der Waals surface area contributed by atoms with E-state index in [1.54, 1.807) is 25.1 Å². The topological polar surface area (TPSA) is 62.8 Å². The van der Waals surface area contributed by atoms with Crippen LogP contribution in [-0.2, 0) is 6.18 Å². The Bertz CT molecular complexity index is 1150. The number of ketones is 1. The molecule has 0 amide bonds. The molecular weight excluding hydrogens is 381 g/mol. The molecule has 1 N–H and O–H groups in total. The van der Waals surface area contributed by atoms with Gasteiger partial charge in [-0.3, -0.25) is 9.59 Å². The van der Waals surface area contributed by atoms with E-state index in [9.17, 15) is 22.8 Å². The van der Waals surface area contributed by atoms with Crippen molar-refractivity contribution in [1.82, 2.24) is 9.97 Å². The summed E-state index contributed by atoms with van der Waals surface area (Å²) in [7, 11) is 0.